The molecule has 3 amide bonds. The number of halogens is 1. The van der Waals surface area contributed by atoms with Gasteiger partial charge in [-0.05, 0) is 12.1 Å². The summed E-state index contributed by atoms with van der Waals surface area (Å²) in [4.78, 5) is 38.3. The Bertz CT molecular complexity index is 583. The van der Waals surface area contributed by atoms with E-state index in [-0.39, 0.29) is 23.9 Å². The van der Waals surface area contributed by atoms with Crippen LogP contribution in [0.3, 0.4) is 0 Å². The minimum Gasteiger partial charge on any atom is -0.343 e. The van der Waals surface area contributed by atoms with Crippen molar-refractivity contribution in [3.8, 4) is 0 Å². The van der Waals surface area contributed by atoms with E-state index in [0.29, 0.717) is 26.2 Å². The molecule has 1 N–H and O–H groups in total. The summed E-state index contributed by atoms with van der Waals surface area (Å²) in [5, 5.41) is 2.42. The van der Waals surface area contributed by atoms with E-state index < -0.39 is 11.7 Å². The van der Waals surface area contributed by atoms with Crippen LogP contribution in [0.25, 0.3) is 0 Å². The van der Waals surface area contributed by atoms with Gasteiger partial charge in [0.1, 0.15) is 5.82 Å². The number of benzene rings is 1. The first-order valence-corrected chi connectivity index (χ1v) is 7.05. The Morgan fingerprint density at radius 1 is 1.09 bits per heavy atom. The van der Waals surface area contributed by atoms with Crippen LogP contribution < -0.4 is 5.32 Å². The molecular weight excluding hydrogens is 289 g/mol. The molecule has 0 aliphatic carbocycles. The summed E-state index contributed by atoms with van der Waals surface area (Å²) >= 11 is 0. The fourth-order valence-corrected chi connectivity index (χ4v) is 2.28. The number of nitrogens with zero attached hydrogens (tertiary/aromatic N) is 2. The van der Waals surface area contributed by atoms with Crippen molar-refractivity contribution in [2.45, 2.75) is 6.92 Å². The average Bonchev–Trinajstić information content (AvgIpc) is 2.52. The predicted octanol–water partition coefficient (Wildman–Crippen LogP) is 0.246. The van der Waals surface area contributed by atoms with Crippen LogP contribution >= 0.6 is 0 Å². The third-order valence-corrected chi connectivity index (χ3v) is 3.60. The van der Waals surface area contributed by atoms with Gasteiger partial charge in [0.25, 0.3) is 5.91 Å². The Labute approximate surface area is 127 Å². The SMILES string of the molecule is CC(=O)N1CCN(C(=O)CNC(=O)c2ccccc2F)CC1. The monoisotopic (exact) mass is 307 g/mol. The molecule has 1 fully saturated rings. The van der Waals surface area contributed by atoms with Crippen LogP contribution in [-0.2, 0) is 9.59 Å². The van der Waals surface area contributed by atoms with Gasteiger partial charge in [-0.15, -0.1) is 0 Å². The molecule has 0 atom stereocenters. The Kier molecular flexibility index (Phi) is 5.08. The number of nitrogens with one attached hydrogen (secondary N) is 1. The molecule has 0 spiro atoms. The molecule has 1 aliphatic heterocycles. The van der Waals surface area contributed by atoms with Gasteiger partial charge in [0.2, 0.25) is 11.8 Å². The average molecular weight is 307 g/mol. The highest BCUT2D eigenvalue weighted by molar-refractivity contribution is 5.96. The van der Waals surface area contributed by atoms with Gasteiger partial charge in [0.05, 0.1) is 12.1 Å². The van der Waals surface area contributed by atoms with E-state index in [1.165, 1.54) is 25.1 Å². The zero-order chi connectivity index (χ0) is 16.1. The largest absolute Gasteiger partial charge is 0.343 e. The maximum Gasteiger partial charge on any atom is 0.254 e. The fraction of sp³-hybridized carbons (Fsp3) is 0.400. The number of hydrogen-bond donors (Lipinski definition) is 1. The summed E-state index contributed by atoms with van der Waals surface area (Å²) in [5.41, 5.74) is -0.0864. The third-order valence-electron chi connectivity index (χ3n) is 3.60. The second kappa shape index (κ2) is 7.02. The van der Waals surface area contributed by atoms with Gasteiger partial charge in [0, 0.05) is 33.1 Å². The predicted molar refractivity (Wildman–Crippen MR) is 77.6 cm³/mol. The number of rotatable bonds is 3. The number of hydrogen-bond acceptors (Lipinski definition) is 3. The molecule has 7 heteroatoms. The zero-order valence-electron chi connectivity index (χ0n) is 12.3. The lowest BCUT2D eigenvalue weighted by Crippen LogP contribution is -2.52. The molecule has 118 valence electrons. The number of amides is 3. The van der Waals surface area contributed by atoms with E-state index >= 15 is 0 Å². The first-order valence-electron chi connectivity index (χ1n) is 7.05. The molecule has 0 unspecified atom stereocenters. The number of carbonyl (C=O) groups is 3. The maximum atomic E-state index is 13.4. The highest BCUT2D eigenvalue weighted by Gasteiger charge is 2.22. The molecule has 1 saturated heterocycles. The van der Waals surface area contributed by atoms with Crippen LogP contribution in [0.2, 0.25) is 0 Å². The molecule has 1 heterocycles. The van der Waals surface area contributed by atoms with Crippen molar-refractivity contribution in [3.63, 3.8) is 0 Å². The summed E-state index contributed by atoms with van der Waals surface area (Å²) in [6.07, 6.45) is 0. The summed E-state index contributed by atoms with van der Waals surface area (Å²) in [6, 6.07) is 5.60. The molecular formula is C15H18FN3O3. The lowest BCUT2D eigenvalue weighted by Gasteiger charge is -2.34. The Balaban J connectivity index is 1.82. The highest BCUT2D eigenvalue weighted by Crippen LogP contribution is 2.06. The Hall–Kier alpha value is -2.44. The van der Waals surface area contributed by atoms with Crippen LogP contribution in [-0.4, -0.2) is 60.2 Å². The second-order valence-electron chi connectivity index (χ2n) is 5.05. The van der Waals surface area contributed by atoms with Crippen LogP contribution in [0.1, 0.15) is 17.3 Å². The molecule has 1 aliphatic rings. The molecule has 6 nitrogen and oxygen atoms in total. The minimum absolute atomic E-state index is 0.0139. The van der Waals surface area contributed by atoms with Crippen LogP contribution in [0.4, 0.5) is 4.39 Å². The van der Waals surface area contributed by atoms with E-state index in [1.807, 2.05) is 0 Å². The van der Waals surface area contributed by atoms with Crippen molar-refractivity contribution < 1.29 is 18.8 Å². The van der Waals surface area contributed by atoms with Crippen molar-refractivity contribution in [2.24, 2.45) is 0 Å². The van der Waals surface area contributed by atoms with Crippen molar-refractivity contribution in [3.05, 3.63) is 35.6 Å². The second-order valence-corrected chi connectivity index (χ2v) is 5.05. The van der Waals surface area contributed by atoms with E-state index in [0.717, 1.165) is 0 Å². The van der Waals surface area contributed by atoms with Gasteiger partial charge in [-0.3, -0.25) is 14.4 Å². The quantitative estimate of drug-likeness (QED) is 0.870. The molecule has 22 heavy (non-hydrogen) atoms. The molecule has 0 aromatic heterocycles. The van der Waals surface area contributed by atoms with Gasteiger partial charge < -0.3 is 15.1 Å². The summed E-state index contributed by atoms with van der Waals surface area (Å²) in [6.45, 7) is 3.16. The topological polar surface area (TPSA) is 69.7 Å². The number of piperazine rings is 1. The van der Waals surface area contributed by atoms with Crippen molar-refractivity contribution in [1.82, 2.24) is 15.1 Å². The molecule has 1 aromatic rings. The normalized spacial score (nSPS) is 14.6. The standard InChI is InChI=1S/C15H18FN3O3/c1-11(20)18-6-8-19(9-7-18)14(21)10-17-15(22)12-4-2-3-5-13(12)16/h2-5H,6-10H2,1H3,(H,17,22). The fourth-order valence-electron chi connectivity index (χ4n) is 2.28. The van der Waals surface area contributed by atoms with Crippen molar-refractivity contribution >= 4 is 17.7 Å². The lowest BCUT2D eigenvalue weighted by atomic mass is 10.2. The van der Waals surface area contributed by atoms with Gasteiger partial charge in [0.15, 0.2) is 0 Å². The molecule has 0 bridgehead atoms. The third kappa shape index (κ3) is 3.81. The van der Waals surface area contributed by atoms with Crippen LogP contribution in [0.5, 0.6) is 0 Å². The molecule has 0 radical (unpaired) electrons. The zero-order valence-corrected chi connectivity index (χ0v) is 12.3. The molecule has 0 saturated carbocycles. The minimum atomic E-state index is -0.623. The molecule has 2 rings (SSSR count). The first kappa shape index (κ1) is 15.9. The summed E-state index contributed by atoms with van der Waals surface area (Å²) < 4.78 is 13.4. The lowest BCUT2D eigenvalue weighted by molar-refractivity contribution is -0.137. The van der Waals surface area contributed by atoms with Gasteiger partial charge in [-0.25, -0.2) is 4.39 Å². The van der Waals surface area contributed by atoms with E-state index in [9.17, 15) is 18.8 Å². The van der Waals surface area contributed by atoms with E-state index in [4.69, 9.17) is 0 Å². The Morgan fingerprint density at radius 3 is 2.27 bits per heavy atom. The summed E-state index contributed by atoms with van der Waals surface area (Å²) in [7, 11) is 0. The van der Waals surface area contributed by atoms with Crippen molar-refractivity contribution in [2.75, 3.05) is 32.7 Å². The highest BCUT2D eigenvalue weighted by atomic mass is 19.1. The van der Waals surface area contributed by atoms with E-state index in [1.54, 1.807) is 15.9 Å². The Morgan fingerprint density at radius 2 is 1.68 bits per heavy atom. The molecule has 1 aromatic carbocycles. The summed E-state index contributed by atoms with van der Waals surface area (Å²) in [5.74, 6) is -1.50. The van der Waals surface area contributed by atoms with E-state index in [2.05, 4.69) is 5.32 Å². The number of carbonyl (C=O) groups excluding carboxylic acids is 3. The van der Waals surface area contributed by atoms with Gasteiger partial charge in [-0.2, -0.15) is 0 Å². The van der Waals surface area contributed by atoms with Crippen LogP contribution in [0, 0.1) is 5.82 Å². The smallest absolute Gasteiger partial charge is 0.254 e. The van der Waals surface area contributed by atoms with Crippen LogP contribution in [0.15, 0.2) is 24.3 Å². The van der Waals surface area contributed by atoms with Gasteiger partial charge in [-0.1, -0.05) is 12.1 Å². The first-order chi connectivity index (χ1) is 10.5. The van der Waals surface area contributed by atoms with Crippen molar-refractivity contribution in [1.29, 1.82) is 0 Å². The maximum absolute atomic E-state index is 13.4. The van der Waals surface area contributed by atoms with Gasteiger partial charge >= 0.3 is 0 Å².